The summed E-state index contributed by atoms with van der Waals surface area (Å²) >= 11 is 0. The molecule has 0 saturated heterocycles. The van der Waals surface area contributed by atoms with Crippen LogP contribution in [-0.4, -0.2) is 18.3 Å². The van der Waals surface area contributed by atoms with Gasteiger partial charge in [-0.05, 0) is 31.2 Å². The zero-order valence-electron chi connectivity index (χ0n) is 9.40. The first-order valence-electron chi connectivity index (χ1n) is 5.04. The molecule has 1 aromatic rings. The summed E-state index contributed by atoms with van der Waals surface area (Å²) in [6, 6.07) is 6.77. The Morgan fingerprint density at radius 3 is 2.31 bits per heavy atom. The molecule has 1 aromatic carbocycles. The molecule has 0 aromatic heterocycles. The number of benzene rings is 1. The molecule has 1 amide bonds. The summed E-state index contributed by atoms with van der Waals surface area (Å²) in [4.78, 5) is 21.8. The maximum absolute atomic E-state index is 11.0. The molecule has 1 rings (SSSR count). The van der Waals surface area contributed by atoms with E-state index in [2.05, 4.69) is 0 Å². The lowest BCUT2D eigenvalue weighted by molar-refractivity contribution is -0.122. The molecule has 2 N–H and O–H groups in total. The van der Waals surface area contributed by atoms with Crippen molar-refractivity contribution in [2.24, 2.45) is 11.7 Å². The van der Waals surface area contributed by atoms with Crippen molar-refractivity contribution in [3.63, 3.8) is 0 Å². The molecule has 1 atom stereocenters. The molecule has 0 aliphatic carbocycles. The molecule has 0 aliphatic rings. The van der Waals surface area contributed by atoms with Gasteiger partial charge >= 0.3 is 0 Å². The highest BCUT2D eigenvalue weighted by atomic mass is 16.5. The van der Waals surface area contributed by atoms with E-state index in [9.17, 15) is 9.59 Å². The van der Waals surface area contributed by atoms with Gasteiger partial charge < -0.3 is 10.5 Å². The average molecular weight is 221 g/mol. The minimum absolute atomic E-state index is 0.0112. The minimum atomic E-state index is -0.389. The summed E-state index contributed by atoms with van der Waals surface area (Å²) in [5, 5.41) is 0. The van der Waals surface area contributed by atoms with Crippen molar-refractivity contribution in [2.45, 2.75) is 13.8 Å². The van der Waals surface area contributed by atoms with Gasteiger partial charge in [0.05, 0.1) is 12.5 Å². The molecule has 0 fully saturated rings. The highest BCUT2D eigenvalue weighted by Crippen LogP contribution is 2.13. The second-order valence-corrected chi connectivity index (χ2v) is 3.69. The van der Waals surface area contributed by atoms with Gasteiger partial charge in [-0.15, -0.1) is 0 Å². The fourth-order valence-electron chi connectivity index (χ4n) is 1.09. The summed E-state index contributed by atoms with van der Waals surface area (Å²) in [5.41, 5.74) is 5.73. The number of hydrogen-bond donors (Lipinski definition) is 1. The van der Waals surface area contributed by atoms with Crippen LogP contribution in [0.15, 0.2) is 24.3 Å². The van der Waals surface area contributed by atoms with E-state index in [0.29, 0.717) is 11.3 Å². The van der Waals surface area contributed by atoms with Crippen LogP contribution in [0.3, 0.4) is 0 Å². The monoisotopic (exact) mass is 221 g/mol. The second kappa shape index (κ2) is 5.30. The van der Waals surface area contributed by atoms with Crippen LogP contribution in [0, 0.1) is 5.92 Å². The van der Waals surface area contributed by atoms with Crippen molar-refractivity contribution >= 4 is 11.7 Å². The average Bonchev–Trinajstić information content (AvgIpc) is 2.26. The predicted octanol–water partition coefficient (Wildman–Crippen LogP) is 1.39. The van der Waals surface area contributed by atoms with Gasteiger partial charge in [-0.3, -0.25) is 9.59 Å². The van der Waals surface area contributed by atoms with Gasteiger partial charge in [-0.2, -0.15) is 0 Å². The molecule has 16 heavy (non-hydrogen) atoms. The van der Waals surface area contributed by atoms with Crippen LogP contribution in [0.4, 0.5) is 0 Å². The first-order valence-corrected chi connectivity index (χ1v) is 5.04. The lowest BCUT2D eigenvalue weighted by atomic mass is 10.1. The molecule has 0 saturated carbocycles. The summed E-state index contributed by atoms with van der Waals surface area (Å²) < 4.78 is 5.35. The van der Waals surface area contributed by atoms with Crippen molar-refractivity contribution in [3.05, 3.63) is 29.8 Å². The summed E-state index contributed by atoms with van der Waals surface area (Å²) in [6.07, 6.45) is 0. The number of primary amides is 1. The zero-order valence-corrected chi connectivity index (χ0v) is 9.40. The number of ether oxygens (including phenoxy) is 1. The van der Waals surface area contributed by atoms with E-state index >= 15 is 0 Å². The minimum Gasteiger partial charge on any atom is -0.493 e. The van der Waals surface area contributed by atoms with Gasteiger partial charge in [0.2, 0.25) is 5.91 Å². The van der Waals surface area contributed by atoms with Crippen molar-refractivity contribution in [3.8, 4) is 5.75 Å². The smallest absolute Gasteiger partial charge is 0.223 e. The van der Waals surface area contributed by atoms with Crippen LogP contribution in [0.1, 0.15) is 24.2 Å². The van der Waals surface area contributed by atoms with Gasteiger partial charge in [0, 0.05) is 5.56 Å². The van der Waals surface area contributed by atoms with Gasteiger partial charge in [-0.25, -0.2) is 0 Å². The molecule has 1 unspecified atom stereocenters. The second-order valence-electron chi connectivity index (χ2n) is 3.69. The molecular formula is C12H15NO3. The number of rotatable bonds is 5. The van der Waals surface area contributed by atoms with Crippen LogP contribution >= 0.6 is 0 Å². The van der Waals surface area contributed by atoms with Gasteiger partial charge in [-0.1, -0.05) is 6.92 Å². The van der Waals surface area contributed by atoms with Crippen LogP contribution < -0.4 is 10.5 Å². The topological polar surface area (TPSA) is 69.4 Å². The van der Waals surface area contributed by atoms with Gasteiger partial charge in [0.25, 0.3) is 0 Å². The quantitative estimate of drug-likeness (QED) is 0.764. The number of hydrogen-bond acceptors (Lipinski definition) is 3. The summed E-state index contributed by atoms with van der Waals surface area (Å²) in [7, 11) is 0. The van der Waals surface area contributed by atoms with Crippen LogP contribution in [0.2, 0.25) is 0 Å². The first kappa shape index (κ1) is 12.2. The highest BCUT2D eigenvalue weighted by Gasteiger charge is 2.09. The van der Waals surface area contributed by atoms with Gasteiger partial charge in [0.1, 0.15) is 5.75 Å². The maximum Gasteiger partial charge on any atom is 0.223 e. The third-order valence-corrected chi connectivity index (χ3v) is 2.25. The standard InChI is InChI=1S/C12H15NO3/c1-8(12(13)15)7-16-11-5-3-10(4-6-11)9(2)14/h3-6,8H,7H2,1-2H3,(H2,13,15). The molecule has 0 heterocycles. The van der Waals surface area contributed by atoms with E-state index in [1.165, 1.54) is 6.92 Å². The fourth-order valence-corrected chi connectivity index (χ4v) is 1.09. The van der Waals surface area contributed by atoms with E-state index in [0.717, 1.165) is 0 Å². The molecule has 4 nitrogen and oxygen atoms in total. The maximum atomic E-state index is 11.0. The summed E-state index contributed by atoms with van der Waals surface area (Å²) in [6.45, 7) is 3.45. The molecule has 0 spiro atoms. The molecule has 86 valence electrons. The Bertz CT molecular complexity index is 384. The number of nitrogens with two attached hydrogens (primary N) is 1. The Kier molecular flexibility index (Phi) is 4.05. The SMILES string of the molecule is CC(=O)c1ccc(OCC(C)C(N)=O)cc1. The van der Waals surface area contributed by atoms with Crippen LogP contribution in [0.5, 0.6) is 5.75 Å². The number of carbonyl (C=O) groups is 2. The van der Waals surface area contributed by atoms with E-state index < -0.39 is 0 Å². The molecule has 0 aliphatic heterocycles. The molecule has 0 bridgehead atoms. The normalized spacial score (nSPS) is 11.9. The lowest BCUT2D eigenvalue weighted by Gasteiger charge is -2.09. The number of amides is 1. The van der Waals surface area contributed by atoms with E-state index in [1.807, 2.05) is 0 Å². The Morgan fingerprint density at radius 2 is 1.88 bits per heavy atom. The van der Waals surface area contributed by atoms with Crippen molar-refractivity contribution in [1.82, 2.24) is 0 Å². The first-order chi connectivity index (χ1) is 7.50. The van der Waals surface area contributed by atoms with E-state index in [4.69, 9.17) is 10.5 Å². The molecular weight excluding hydrogens is 206 g/mol. The third kappa shape index (κ3) is 3.38. The van der Waals surface area contributed by atoms with Crippen LogP contribution in [-0.2, 0) is 4.79 Å². The molecule has 0 radical (unpaired) electrons. The lowest BCUT2D eigenvalue weighted by Crippen LogP contribution is -2.25. The van der Waals surface area contributed by atoms with Crippen molar-refractivity contribution in [2.75, 3.05) is 6.61 Å². The van der Waals surface area contributed by atoms with E-state index in [-0.39, 0.29) is 24.2 Å². The number of Topliss-reactive ketones (excluding diaryl/α,β-unsaturated/α-hetero) is 1. The van der Waals surface area contributed by atoms with Crippen molar-refractivity contribution < 1.29 is 14.3 Å². The van der Waals surface area contributed by atoms with Gasteiger partial charge in [0.15, 0.2) is 5.78 Å². The molecule has 4 heteroatoms. The zero-order chi connectivity index (χ0) is 12.1. The Balaban J connectivity index is 2.56. The highest BCUT2D eigenvalue weighted by molar-refractivity contribution is 5.94. The Morgan fingerprint density at radius 1 is 1.31 bits per heavy atom. The van der Waals surface area contributed by atoms with Crippen LogP contribution in [0.25, 0.3) is 0 Å². The van der Waals surface area contributed by atoms with Crippen molar-refractivity contribution in [1.29, 1.82) is 0 Å². The number of carbonyl (C=O) groups excluding carboxylic acids is 2. The Labute approximate surface area is 94.4 Å². The Hall–Kier alpha value is -1.84. The van der Waals surface area contributed by atoms with E-state index in [1.54, 1.807) is 31.2 Å². The summed E-state index contributed by atoms with van der Waals surface area (Å²) in [5.74, 6) is -0.0806. The largest absolute Gasteiger partial charge is 0.493 e. The fraction of sp³-hybridized carbons (Fsp3) is 0.333. The predicted molar refractivity (Wildman–Crippen MR) is 60.3 cm³/mol. The number of ketones is 1. The third-order valence-electron chi connectivity index (χ3n) is 2.25.